The minimum Gasteiger partial charge on any atom is -0.263 e. The summed E-state index contributed by atoms with van der Waals surface area (Å²) in [6, 6.07) is 14.0. The van der Waals surface area contributed by atoms with Crippen LogP contribution in [0.2, 0.25) is 5.02 Å². The summed E-state index contributed by atoms with van der Waals surface area (Å²) in [6.07, 6.45) is 0. The number of nitrogens with zero attached hydrogens (tertiary/aromatic N) is 1. The van der Waals surface area contributed by atoms with E-state index in [1.165, 1.54) is 0 Å². The van der Waals surface area contributed by atoms with Crippen LogP contribution in [0.4, 0.5) is 0 Å². The molecule has 0 fully saturated rings. The first-order valence-electron chi connectivity index (χ1n) is 6.43. The summed E-state index contributed by atoms with van der Waals surface area (Å²) in [4.78, 5) is 4.76. The molecule has 1 aliphatic heterocycles. The number of sulfonamides is 1. The molecule has 1 N–H and O–H groups in total. The van der Waals surface area contributed by atoms with E-state index < -0.39 is 10.0 Å². The molecule has 1 heterocycles. The number of hydrogen-bond acceptors (Lipinski definition) is 3. The van der Waals surface area contributed by atoms with Crippen molar-refractivity contribution in [3.05, 3.63) is 64.7 Å². The van der Waals surface area contributed by atoms with Gasteiger partial charge in [-0.25, -0.2) is 8.42 Å². The van der Waals surface area contributed by atoms with Crippen molar-refractivity contribution in [1.29, 1.82) is 0 Å². The molecule has 0 aromatic heterocycles. The molecule has 1 aliphatic rings. The van der Waals surface area contributed by atoms with Gasteiger partial charge in [0.15, 0.2) is 0 Å². The highest BCUT2D eigenvalue weighted by atomic mass is 35.5. The quantitative estimate of drug-likeness (QED) is 0.924. The number of hydrogen-bond donors (Lipinski definition) is 1. The summed E-state index contributed by atoms with van der Waals surface area (Å²) >= 11 is 5.97. The van der Waals surface area contributed by atoms with Crippen LogP contribution in [0.15, 0.2) is 58.4 Å². The van der Waals surface area contributed by atoms with Gasteiger partial charge in [-0.15, -0.1) is 0 Å². The highest BCUT2D eigenvalue weighted by molar-refractivity contribution is 7.90. The monoisotopic (exact) mass is 320 g/mol. The van der Waals surface area contributed by atoms with Gasteiger partial charge in [0.1, 0.15) is 5.84 Å². The fraction of sp³-hybridized carbons (Fsp3) is 0.133. The first-order valence-corrected chi connectivity index (χ1v) is 8.29. The van der Waals surface area contributed by atoms with E-state index in [1.54, 1.807) is 30.3 Å². The SMILES string of the molecule is CC(N=C1NS(=O)(=O)c2ccccc21)c1cccc(Cl)c1. The zero-order valence-electron chi connectivity index (χ0n) is 11.2. The predicted molar refractivity (Wildman–Crippen MR) is 83.2 cm³/mol. The summed E-state index contributed by atoms with van der Waals surface area (Å²) in [6.45, 7) is 1.90. The number of rotatable bonds is 2. The molecule has 2 aromatic rings. The molecular weight excluding hydrogens is 308 g/mol. The molecule has 21 heavy (non-hydrogen) atoms. The Hall–Kier alpha value is -1.85. The maximum atomic E-state index is 12.0. The van der Waals surface area contributed by atoms with Crippen LogP contribution in [0.1, 0.15) is 24.1 Å². The molecule has 0 saturated heterocycles. The number of halogens is 1. The van der Waals surface area contributed by atoms with E-state index >= 15 is 0 Å². The number of fused-ring (bicyclic) bond motifs is 1. The van der Waals surface area contributed by atoms with Gasteiger partial charge in [0.25, 0.3) is 10.0 Å². The molecule has 0 spiro atoms. The van der Waals surface area contributed by atoms with Crippen molar-refractivity contribution in [3.63, 3.8) is 0 Å². The van der Waals surface area contributed by atoms with E-state index in [0.29, 0.717) is 16.4 Å². The summed E-state index contributed by atoms with van der Waals surface area (Å²) < 4.78 is 26.5. The number of nitrogens with one attached hydrogen (secondary N) is 1. The molecule has 2 aromatic carbocycles. The van der Waals surface area contributed by atoms with Crippen LogP contribution in [0.25, 0.3) is 0 Å². The van der Waals surface area contributed by atoms with Crippen LogP contribution < -0.4 is 4.72 Å². The van der Waals surface area contributed by atoms with Crippen molar-refractivity contribution in [2.24, 2.45) is 4.99 Å². The van der Waals surface area contributed by atoms with Gasteiger partial charge in [0, 0.05) is 10.6 Å². The maximum Gasteiger partial charge on any atom is 0.263 e. The number of aliphatic imine (C=N–C) groups is 1. The molecule has 0 radical (unpaired) electrons. The van der Waals surface area contributed by atoms with Crippen LogP contribution in [-0.4, -0.2) is 14.3 Å². The Morgan fingerprint density at radius 3 is 2.67 bits per heavy atom. The third-order valence-corrected chi connectivity index (χ3v) is 4.95. The lowest BCUT2D eigenvalue weighted by atomic mass is 10.1. The summed E-state index contributed by atoms with van der Waals surface area (Å²) in [5, 5.41) is 0.631. The smallest absolute Gasteiger partial charge is 0.263 e. The third kappa shape index (κ3) is 2.66. The minimum atomic E-state index is -3.50. The lowest BCUT2D eigenvalue weighted by Crippen LogP contribution is -2.22. The van der Waals surface area contributed by atoms with Gasteiger partial charge in [0.05, 0.1) is 10.9 Å². The van der Waals surface area contributed by atoms with Gasteiger partial charge < -0.3 is 0 Å². The lowest BCUT2D eigenvalue weighted by molar-refractivity contribution is 0.595. The molecule has 3 rings (SSSR count). The third-order valence-electron chi connectivity index (χ3n) is 3.32. The van der Waals surface area contributed by atoms with E-state index in [9.17, 15) is 8.42 Å². The van der Waals surface area contributed by atoms with Crippen LogP contribution in [-0.2, 0) is 10.0 Å². The first-order chi connectivity index (χ1) is 9.97. The molecule has 108 valence electrons. The van der Waals surface area contributed by atoms with Crippen molar-refractivity contribution in [1.82, 2.24) is 4.72 Å². The second kappa shape index (κ2) is 5.16. The van der Waals surface area contributed by atoms with E-state index in [1.807, 2.05) is 25.1 Å². The van der Waals surface area contributed by atoms with E-state index in [4.69, 9.17) is 11.6 Å². The average molecular weight is 321 g/mol. The Labute approximate surface area is 128 Å². The molecule has 0 bridgehead atoms. The van der Waals surface area contributed by atoms with Crippen molar-refractivity contribution >= 4 is 27.5 Å². The van der Waals surface area contributed by atoms with Crippen LogP contribution >= 0.6 is 11.6 Å². The zero-order chi connectivity index (χ0) is 15.0. The highest BCUT2D eigenvalue weighted by Crippen LogP contribution is 2.26. The van der Waals surface area contributed by atoms with Gasteiger partial charge in [-0.3, -0.25) is 9.71 Å². The van der Waals surface area contributed by atoms with Crippen molar-refractivity contribution < 1.29 is 8.42 Å². The molecular formula is C15H13ClN2O2S. The van der Waals surface area contributed by atoms with E-state index in [2.05, 4.69) is 9.71 Å². The minimum absolute atomic E-state index is 0.201. The number of amidine groups is 1. The fourth-order valence-electron chi connectivity index (χ4n) is 2.26. The summed E-state index contributed by atoms with van der Waals surface area (Å²) in [7, 11) is -3.50. The van der Waals surface area contributed by atoms with Gasteiger partial charge in [-0.2, -0.15) is 0 Å². The topological polar surface area (TPSA) is 58.5 Å². The molecule has 1 atom stereocenters. The lowest BCUT2D eigenvalue weighted by Gasteiger charge is -2.09. The van der Waals surface area contributed by atoms with Crippen LogP contribution in [0.3, 0.4) is 0 Å². The molecule has 1 unspecified atom stereocenters. The summed E-state index contributed by atoms with van der Waals surface area (Å²) in [5.74, 6) is 0.373. The standard InChI is InChI=1S/C15H13ClN2O2S/c1-10(11-5-4-6-12(16)9-11)17-15-13-7-2-3-8-14(13)21(19,20)18-15/h2-10H,1H3,(H,17,18). The first kappa shape index (κ1) is 14.1. The molecule has 0 aliphatic carbocycles. The number of benzene rings is 2. The van der Waals surface area contributed by atoms with Gasteiger partial charge in [-0.1, -0.05) is 35.9 Å². The van der Waals surface area contributed by atoms with E-state index in [0.717, 1.165) is 5.56 Å². The second-order valence-electron chi connectivity index (χ2n) is 4.81. The highest BCUT2D eigenvalue weighted by Gasteiger charge is 2.30. The molecule has 0 amide bonds. The van der Waals surface area contributed by atoms with Crippen molar-refractivity contribution in [3.8, 4) is 0 Å². The maximum absolute atomic E-state index is 12.0. The van der Waals surface area contributed by atoms with Gasteiger partial charge in [0.2, 0.25) is 0 Å². The second-order valence-corrected chi connectivity index (χ2v) is 6.90. The Kier molecular flexibility index (Phi) is 3.47. The Morgan fingerprint density at radius 1 is 1.14 bits per heavy atom. The van der Waals surface area contributed by atoms with E-state index in [-0.39, 0.29) is 10.9 Å². The Morgan fingerprint density at radius 2 is 1.90 bits per heavy atom. The Bertz CT molecular complexity index is 831. The largest absolute Gasteiger partial charge is 0.263 e. The average Bonchev–Trinajstić information content (AvgIpc) is 2.71. The fourth-order valence-corrected chi connectivity index (χ4v) is 3.70. The normalized spacial score (nSPS) is 19.0. The summed E-state index contributed by atoms with van der Waals surface area (Å²) in [5.41, 5.74) is 1.53. The molecule has 6 heteroatoms. The Balaban J connectivity index is 2.02. The van der Waals surface area contributed by atoms with Gasteiger partial charge in [-0.05, 0) is 36.8 Å². The predicted octanol–water partition coefficient (Wildman–Crippen LogP) is 3.14. The zero-order valence-corrected chi connectivity index (χ0v) is 12.8. The van der Waals surface area contributed by atoms with Crippen molar-refractivity contribution in [2.75, 3.05) is 0 Å². The van der Waals surface area contributed by atoms with Crippen LogP contribution in [0.5, 0.6) is 0 Å². The molecule has 0 saturated carbocycles. The molecule has 4 nitrogen and oxygen atoms in total. The van der Waals surface area contributed by atoms with Gasteiger partial charge >= 0.3 is 0 Å². The van der Waals surface area contributed by atoms with Crippen LogP contribution in [0, 0.1) is 0 Å². The van der Waals surface area contributed by atoms with Crippen molar-refractivity contribution in [2.45, 2.75) is 17.9 Å².